The van der Waals surface area contributed by atoms with Crippen molar-refractivity contribution in [3.05, 3.63) is 35.9 Å². The van der Waals surface area contributed by atoms with Gasteiger partial charge in [0.2, 0.25) is 11.8 Å². The Labute approximate surface area is 175 Å². The quantitative estimate of drug-likeness (QED) is 0.530. The van der Waals surface area contributed by atoms with Crippen LogP contribution in [0.15, 0.2) is 32.5 Å². The van der Waals surface area contributed by atoms with Gasteiger partial charge in [-0.2, -0.15) is 4.98 Å². The Balaban J connectivity index is 1.61. The molecule has 1 saturated heterocycles. The van der Waals surface area contributed by atoms with Crippen molar-refractivity contribution in [1.82, 2.24) is 24.9 Å². The lowest BCUT2D eigenvalue weighted by molar-refractivity contribution is 0.350. The molecule has 1 fully saturated rings. The fourth-order valence-corrected chi connectivity index (χ4v) is 4.78. The van der Waals surface area contributed by atoms with Crippen LogP contribution in [0.25, 0.3) is 0 Å². The molecular weight excluding hydrogens is 388 g/mol. The van der Waals surface area contributed by atoms with Crippen molar-refractivity contribution in [2.45, 2.75) is 57.5 Å². The Morgan fingerprint density at radius 2 is 2.03 bits per heavy atom. The molecule has 3 atom stereocenters. The minimum Gasteiger partial charge on any atom is -0.467 e. The van der Waals surface area contributed by atoms with Crippen LogP contribution in [0.3, 0.4) is 0 Å². The Bertz CT molecular complexity index is 911. The van der Waals surface area contributed by atoms with E-state index in [9.17, 15) is 0 Å². The highest BCUT2D eigenvalue weighted by atomic mass is 32.2. The maximum atomic E-state index is 5.61. The fourth-order valence-electron chi connectivity index (χ4n) is 3.91. The molecule has 4 rings (SSSR count). The molecule has 0 saturated carbocycles. The van der Waals surface area contributed by atoms with Crippen molar-refractivity contribution < 1.29 is 8.94 Å². The summed E-state index contributed by atoms with van der Waals surface area (Å²) in [6.07, 6.45) is 3.70. The number of thioether (sulfide) groups is 1. The Morgan fingerprint density at radius 1 is 1.24 bits per heavy atom. The third kappa shape index (κ3) is 4.49. The van der Waals surface area contributed by atoms with Crippen molar-refractivity contribution in [3.63, 3.8) is 0 Å². The molecule has 3 aromatic heterocycles. The summed E-state index contributed by atoms with van der Waals surface area (Å²) in [4.78, 5) is 6.81. The van der Waals surface area contributed by atoms with Gasteiger partial charge in [-0.05, 0) is 37.3 Å². The number of rotatable bonds is 7. The predicted octanol–water partition coefficient (Wildman–Crippen LogP) is 4.20. The topological polar surface area (TPSA) is 86.0 Å². The highest BCUT2D eigenvalue weighted by Crippen LogP contribution is 2.36. The van der Waals surface area contributed by atoms with Gasteiger partial charge in [0, 0.05) is 19.5 Å². The molecule has 0 aliphatic carbocycles. The molecular formula is C20H28N6O2S. The number of aryl methyl sites for hydroxylation is 1. The minimum atomic E-state index is -0.0191. The molecule has 0 aromatic carbocycles. The molecule has 1 aliphatic rings. The zero-order valence-electron chi connectivity index (χ0n) is 17.4. The van der Waals surface area contributed by atoms with Crippen LogP contribution in [0.5, 0.6) is 0 Å². The fraction of sp³-hybridized carbons (Fsp3) is 0.600. The van der Waals surface area contributed by atoms with Crippen LogP contribution in [0, 0.1) is 11.8 Å². The molecule has 0 amide bonds. The number of furan rings is 1. The third-order valence-corrected chi connectivity index (χ3v) is 6.24. The van der Waals surface area contributed by atoms with E-state index in [1.165, 1.54) is 6.42 Å². The van der Waals surface area contributed by atoms with Gasteiger partial charge in [0.25, 0.3) is 0 Å². The molecule has 0 radical (unpaired) electrons. The van der Waals surface area contributed by atoms with E-state index in [1.807, 2.05) is 26.0 Å². The number of hydrogen-bond acceptors (Lipinski definition) is 8. The molecule has 1 aliphatic heterocycles. The van der Waals surface area contributed by atoms with Crippen molar-refractivity contribution in [2.24, 2.45) is 11.8 Å². The van der Waals surface area contributed by atoms with Crippen LogP contribution in [-0.4, -0.2) is 38.0 Å². The van der Waals surface area contributed by atoms with Crippen molar-refractivity contribution in [3.8, 4) is 0 Å². The van der Waals surface area contributed by atoms with Crippen molar-refractivity contribution >= 4 is 17.7 Å². The first-order valence-electron chi connectivity index (χ1n) is 10.2. The maximum Gasteiger partial charge on any atom is 0.239 e. The Morgan fingerprint density at radius 3 is 2.69 bits per heavy atom. The first-order valence-corrected chi connectivity index (χ1v) is 11.1. The van der Waals surface area contributed by atoms with E-state index in [0.29, 0.717) is 24.3 Å². The van der Waals surface area contributed by atoms with Gasteiger partial charge in [-0.3, -0.25) is 4.57 Å². The van der Waals surface area contributed by atoms with Crippen LogP contribution in [0.4, 0.5) is 5.95 Å². The summed E-state index contributed by atoms with van der Waals surface area (Å²) >= 11 is 1.58. The maximum absolute atomic E-state index is 5.61. The normalized spacial score (nSPS) is 20.9. The SMILES string of the molecule is CCc1noc(C(C)Sc2nnc(N3CC(C)CC(C)C3)n2Cc2ccco2)n1. The lowest BCUT2D eigenvalue weighted by Gasteiger charge is -2.35. The Kier molecular flexibility index (Phi) is 5.94. The highest BCUT2D eigenvalue weighted by molar-refractivity contribution is 7.99. The van der Waals surface area contributed by atoms with Crippen LogP contribution < -0.4 is 4.90 Å². The number of nitrogens with zero attached hydrogens (tertiary/aromatic N) is 6. The van der Waals surface area contributed by atoms with Crippen molar-refractivity contribution in [2.75, 3.05) is 18.0 Å². The molecule has 8 nitrogen and oxygen atoms in total. The first-order chi connectivity index (χ1) is 14.0. The Hall–Kier alpha value is -2.29. The van der Waals surface area contributed by atoms with E-state index in [-0.39, 0.29) is 5.25 Å². The number of anilines is 1. The molecule has 0 spiro atoms. The first kappa shape index (κ1) is 20.0. The van der Waals surface area contributed by atoms with E-state index in [2.05, 4.69) is 43.7 Å². The second kappa shape index (κ2) is 8.61. The van der Waals surface area contributed by atoms with Gasteiger partial charge in [-0.25, -0.2) is 0 Å². The number of piperidine rings is 1. The number of aromatic nitrogens is 5. The van der Waals surface area contributed by atoms with Crippen LogP contribution in [0.2, 0.25) is 0 Å². The smallest absolute Gasteiger partial charge is 0.239 e. The lowest BCUT2D eigenvalue weighted by Crippen LogP contribution is -2.40. The summed E-state index contributed by atoms with van der Waals surface area (Å²) in [5.74, 6) is 4.38. The second-order valence-corrected chi connectivity index (χ2v) is 9.27. The molecule has 0 N–H and O–H groups in total. The van der Waals surface area contributed by atoms with Gasteiger partial charge in [0.1, 0.15) is 5.76 Å². The predicted molar refractivity (Wildman–Crippen MR) is 111 cm³/mol. The summed E-state index contributed by atoms with van der Waals surface area (Å²) in [5, 5.41) is 13.9. The summed E-state index contributed by atoms with van der Waals surface area (Å²) in [6.45, 7) is 11.2. The van der Waals surface area contributed by atoms with Gasteiger partial charge in [0.05, 0.1) is 18.1 Å². The third-order valence-electron chi connectivity index (χ3n) is 5.17. The van der Waals surface area contributed by atoms with E-state index >= 15 is 0 Å². The average molecular weight is 417 g/mol. The standard InChI is InChI=1S/C20H28N6O2S/c1-5-17-21-18(28-24-17)15(4)29-20-23-22-19(25-10-13(2)9-14(3)11-25)26(20)12-16-7-6-8-27-16/h6-8,13-15H,5,9-12H2,1-4H3. The molecule has 3 unspecified atom stereocenters. The molecule has 9 heteroatoms. The highest BCUT2D eigenvalue weighted by Gasteiger charge is 2.28. The summed E-state index contributed by atoms with van der Waals surface area (Å²) < 4.78 is 13.2. The lowest BCUT2D eigenvalue weighted by atomic mass is 9.92. The van der Waals surface area contributed by atoms with Crippen LogP contribution in [-0.2, 0) is 13.0 Å². The van der Waals surface area contributed by atoms with Crippen molar-refractivity contribution in [1.29, 1.82) is 0 Å². The summed E-state index contributed by atoms with van der Waals surface area (Å²) in [7, 11) is 0. The van der Waals surface area contributed by atoms with Gasteiger partial charge in [-0.15, -0.1) is 10.2 Å². The van der Waals surface area contributed by atoms with E-state index in [0.717, 1.165) is 42.2 Å². The van der Waals surface area contributed by atoms with Gasteiger partial charge < -0.3 is 13.8 Å². The summed E-state index contributed by atoms with van der Waals surface area (Å²) in [5.41, 5.74) is 0. The van der Waals surface area contributed by atoms with E-state index < -0.39 is 0 Å². The van der Waals surface area contributed by atoms with Gasteiger partial charge in [-0.1, -0.05) is 37.7 Å². The molecule has 3 aromatic rings. The van der Waals surface area contributed by atoms with E-state index in [1.54, 1.807) is 18.0 Å². The van der Waals surface area contributed by atoms with Crippen LogP contribution >= 0.6 is 11.8 Å². The number of hydrogen-bond donors (Lipinski definition) is 0. The van der Waals surface area contributed by atoms with Gasteiger partial charge >= 0.3 is 0 Å². The largest absolute Gasteiger partial charge is 0.467 e. The van der Waals surface area contributed by atoms with E-state index in [4.69, 9.17) is 8.94 Å². The molecule has 156 valence electrons. The molecule has 0 bridgehead atoms. The summed E-state index contributed by atoms with van der Waals surface area (Å²) in [6, 6.07) is 3.89. The average Bonchev–Trinajstić information content (AvgIpc) is 3.43. The monoisotopic (exact) mass is 416 g/mol. The second-order valence-electron chi connectivity index (χ2n) is 7.96. The molecule has 29 heavy (non-hydrogen) atoms. The van der Waals surface area contributed by atoms with Gasteiger partial charge in [0.15, 0.2) is 11.0 Å². The minimum absolute atomic E-state index is 0.0191. The molecule has 4 heterocycles. The zero-order chi connectivity index (χ0) is 20.4. The van der Waals surface area contributed by atoms with Crippen LogP contribution in [0.1, 0.15) is 56.8 Å². The zero-order valence-corrected chi connectivity index (χ0v) is 18.2.